The second kappa shape index (κ2) is 9.55. The van der Waals surface area contributed by atoms with E-state index in [9.17, 15) is 9.59 Å². The molecule has 28 heavy (non-hydrogen) atoms. The molecule has 154 valence electrons. The maximum Gasteiger partial charge on any atom is 0.225 e. The highest BCUT2D eigenvalue weighted by Crippen LogP contribution is 2.28. The van der Waals surface area contributed by atoms with Crippen molar-refractivity contribution in [2.24, 2.45) is 11.8 Å². The minimum absolute atomic E-state index is 0.0217. The lowest BCUT2D eigenvalue weighted by Gasteiger charge is -2.33. The van der Waals surface area contributed by atoms with Gasteiger partial charge in [-0.05, 0) is 52.3 Å². The summed E-state index contributed by atoms with van der Waals surface area (Å²) in [5.74, 6) is 0.713. The first-order valence-electron chi connectivity index (χ1n) is 10.7. The number of rotatable bonds is 6. The summed E-state index contributed by atoms with van der Waals surface area (Å²) in [5, 5.41) is 3.16. The first kappa shape index (κ1) is 20.8. The van der Waals surface area contributed by atoms with Crippen molar-refractivity contribution in [1.29, 1.82) is 0 Å². The van der Waals surface area contributed by atoms with Crippen molar-refractivity contribution in [2.45, 2.75) is 51.5 Å². The molecule has 1 atom stereocenters. The summed E-state index contributed by atoms with van der Waals surface area (Å²) < 4.78 is 0. The standard InChI is InChI=1S/C23H35N3O2/c1-17-8-10-18(11-9-17)21(25(2)3)16-24-22(27)19-12-14-26(15-13-19)23(28)20-6-4-5-7-20/h8-11,19-21H,4-7,12-16H2,1-3H3,(H,24,27). The first-order valence-corrected chi connectivity index (χ1v) is 10.7. The molecule has 1 unspecified atom stereocenters. The minimum atomic E-state index is 0.0217. The molecule has 1 aromatic carbocycles. The third-order valence-corrected chi connectivity index (χ3v) is 6.44. The minimum Gasteiger partial charge on any atom is -0.354 e. The van der Waals surface area contributed by atoms with Crippen molar-refractivity contribution in [3.05, 3.63) is 35.4 Å². The predicted molar refractivity (Wildman–Crippen MR) is 112 cm³/mol. The SMILES string of the molecule is Cc1ccc(C(CNC(=O)C2CCN(C(=O)C3CCCC3)CC2)N(C)C)cc1. The average Bonchev–Trinajstić information content (AvgIpc) is 3.23. The van der Waals surface area contributed by atoms with Crippen LogP contribution >= 0.6 is 0 Å². The number of benzene rings is 1. The van der Waals surface area contributed by atoms with Crippen molar-refractivity contribution >= 4 is 11.8 Å². The van der Waals surface area contributed by atoms with E-state index in [-0.39, 0.29) is 23.8 Å². The number of likely N-dealkylation sites (tertiary alicyclic amines) is 1. The van der Waals surface area contributed by atoms with Crippen LogP contribution in [0.3, 0.4) is 0 Å². The van der Waals surface area contributed by atoms with Crippen LogP contribution in [-0.4, -0.2) is 55.3 Å². The molecule has 0 spiro atoms. The van der Waals surface area contributed by atoms with Gasteiger partial charge < -0.3 is 15.1 Å². The van der Waals surface area contributed by atoms with Crippen LogP contribution in [0.4, 0.5) is 0 Å². The second-order valence-electron chi connectivity index (χ2n) is 8.72. The summed E-state index contributed by atoms with van der Waals surface area (Å²) in [4.78, 5) is 29.4. The van der Waals surface area contributed by atoms with Gasteiger partial charge >= 0.3 is 0 Å². The highest BCUT2D eigenvalue weighted by Gasteiger charge is 2.32. The molecule has 1 aliphatic heterocycles. The summed E-state index contributed by atoms with van der Waals surface area (Å²) in [7, 11) is 4.09. The average molecular weight is 386 g/mol. The number of nitrogens with one attached hydrogen (secondary N) is 1. The number of hydrogen-bond donors (Lipinski definition) is 1. The molecule has 0 aromatic heterocycles. The van der Waals surface area contributed by atoms with E-state index >= 15 is 0 Å². The normalized spacial score (nSPS) is 19.8. The van der Waals surface area contributed by atoms with Crippen molar-refractivity contribution in [3.63, 3.8) is 0 Å². The lowest BCUT2D eigenvalue weighted by molar-refractivity contribution is -0.139. The van der Waals surface area contributed by atoms with Crippen LogP contribution in [0.1, 0.15) is 55.7 Å². The molecule has 1 aromatic rings. The Bertz CT molecular complexity index is 657. The molecule has 3 rings (SSSR count). The van der Waals surface area contributed by atoms with Gasteiger partial charge in [0.25, 0.3) is 0 Å². The van der Waals surface area contributed by atoms with E-state index < -0.39 is 0 Å². The van der Waals surface area contributed by atoms with Gasteiger partial charge in [-0.3, -0.25) is 9.59 Å². The van der Waals surface area contributed by atoms with Gasteiger partial charge in [-0.2, -0.15) is 0 Å². The molecule has 2 amide bonds. The maximum atomic E-state index is 12.7. The monoisotopic (exact) mass is 385 g/mol. The number of aryl methyl sites for hydroxylation is 1. The molecule has 2 fully saturated rings. The Labute approximate surface area is 169 Å². The molecule has 0 radical (unpaired) electrons. The third kappa shape index (κ3) is 5.13. The van der Waals surface area contributed by atoms with Crippen LogP contribution in [0.5, 0.6) is 0 Å². The van der Waals surface area contributed by atoms with E-state index in [4.69, 9.17) is 0 Å². The summed E-state index contributed by atoms with van der Waals surface area (Å²) >= 11 is 0. The van der Waals surface area contributed by atoms with Gasteiger partial charge in [-0.15, -0.1) is 0 Å². The largest absolute Gasteiger partial charge is 0.354 e. The smallest absolute Gasteiger partial charge is 0.225 e. The summed E-state index contributed by atoms with van der Waals surface area (Å²) in [6, 6.07) is 8.67. The fourth-order valence-electron chi connectivity index (χ4n) is 4.52. The van der Waals surface area contributed by atoms with Crippen LogP contribution in [0, 0.1) is 18.8 Å². The molecule has 1 saturated carbocycles. The van der Waals surface area contributed by atoms with Gasteiger partial charge in [-0.1, -0.05) is 42.7 Å². The predicted octanol–water partition coefficient (Wildman–Crippen LogP) is 3.14. The fourth-order valence-corrected chi connectivity index (χ4v) is 4.52. The van der Waals surface area contributed by atoms with Gasteiger partial charge in [0.2, 0.25) is 11.8 Å². The first-order chi connectivity index (χ1) is 13.5. The Morgan fingerprint density at radius 1 is 1.04 bits per heavy atom. The van der Waals surface area contributed by atoms with Crippen LogP contribution in [0.15, 0.2) is 24.3 Å². The Morgan fingerprint density at radius 2 is 1.64 bits per heavy atom. The van der Waals surface area contributed by atoms with Gasteiger partial charge in [-0.25, -0.2) is 0 Å². The van der Waals surface area contributed by atoms with Gasteiger partial charge in [0.1, 0.15) is 0 Å². The number of carbonyl (C=O) groups is 2. The number of carbonyl (C=O) groups excluding carboxylic acids is 2. The molecule has 2 aliphatic rings. The molecular weight excluding hydrogens is 350 g/mol. The summed E-state index contributed by atoms with van der Waals surface area (Å²) in [5.41, 5.74) is 2.46. The zero-order chi connectivity index (χ0) is 20.1. The number of likely N-dealkylation sites (N-methyl/N-ethyl adjacent to an activating group) is 1. The highest BCUT2D eigenvalue weighted by molar-refractivity contribution is 5.81. The van der Waals surface area contributed by atoms with E-state index in [1.165, 1.54) is 24.0 Å². The maximum absolute atomic E-state index is 12.7. The van der Waals surface area contributed by atoms with Crippen LogP contribution in [-0.2, 0) is 9.59 Å². The van der Waals surface area contributed by atoms with E-state index in [1.54, 1.807) is 0 Å². The molecule has 5 nitrogen and oxygen atoms in total. The quantitative estimate of drug-likeness (QED) is 0.818. The van der Waals surface area contributed by atoms with Crippen molar-refractivity contribution in [3.8, 4) is 0 Å². The zero-order valence-corrected chi connectivity index (χ0v) is 17.6. The van der Waals surface area contributed by atoms with Crippen LogP contribution < -0.4 is 5.32 Å². The molecule has 1 saturated heterocycles. The summed E-state index contributed by atoms with van der Waals surface area (Å²) in [6.45, 7) is 4.14. The van der Waals surface area contributed by atoms with Crippen LogP contribution in [0.25, 0.3) is 0 Å². The lowest BCUT2D eigenvalue weighted by atomic mass is 9.94. The number of amides is 2. The van der Waals surface area contributed by atoms with Crippen molar-refractivity contribution < 1.29 is 9.59 Å². The molecule has 0 bridgehead atoms. The summed E-state index contributed by atoms with van der Waals surface area (Å²) in [6.07, 6.45) is 6.02. The second-order valence-corrected chi connectivity index (χ2v) is 8.72. The van der Waals surface area contributed by atoms with E-state index in [1.807, 2.05) is 19.0 Å². The molecule has 1 aliphatic carbocycles. The Balaban J connectivity index is 1.48. The number of nitrogens with zero attached hydrogens (tertiary/aromatic N) is 2. The van der Waals surface area contributed by atoms with Gasteiger partial charge in [0.15, 0.2) is 0 Å². The van der Waals surface area contributed by atoms with E-state index in [0.29, 0.717) is 12.5 Å². The number of piperidine rings is 1. The fraction of sp³-hybridized carbons (Fsp3) is 0.652. The molecule has 1 N–H and O–H groups in total. The highest BCUT2D eigenvalue weighted by atomic mass is 16.2. The zero-order valence-electron chi connectivity index (χ0n) is 17.6. The third-order valence-electron chi connectivity index (χ3n) is 6.44. The lowest BCUT2D eigenvalue weighted by Crippen LogP contribution is -2.45. The molecule has 1 heterocycles. The van der Waals surface area contributed by atoms with E-state index in [0.717, 1.165) is 38.8 Å². The Morgan fingerprint density at radius 3 is 2.21 bits per heavy atom. The Hall–Kier alpha value is -1.88. The van der Waals surface area contributed by atoms with Crippen LogP contribution in [0.2, 0.25) is 0 Å². The van der Waals surface area contributed by atoms with Gasteiger partial charge in [0, 0.05) is 31.5 Å². The number of hydrogen-bond acceptors (Lipinski definition) is 3. The van der Waals surface area contributed by atoms with Crippen molar-refractivity contribution in [2.75, 3.05) is 33.7 Å². The molecule has 5 heteroatoms. The topological polar surface area (TPSA) is 52.7 Å². The van der Waals surface area contributed by atoms with E-state index in [2.05, 4.69) is 41.4 Å². The Kier molecular flexibility index (Phi) is 7.11. The molecular formula is C23H35N3O2. The van der Waals surface area contributed by atoms with Gasteiger partial charge in [0.05, 0.1) is 6.04 Å². The van der Waals surface area contributed by atoms with Crippen molar-refractivity contribution in [1.82, 2.24) is 15.1 Å².